The van der Waals surface area contributed by atoms with E-state index in [9.17, 15) is 9.90 Å². The number of rotatable bonds is 5. The van der Waals surface area contributed by atoms with Crippen molar-refractivity contribution in [2.45, 2.75) is 0 Å². The van der Waals surface area contributed by atoms with Crippen LogP contribution >= 0.6 is 0 Å². The summed E-state index contributed by atoms with van der Waals surface area (Å²) in [6.45, 7) is 0. The van der Waals surface area contributed by atoms with Crippen LogP contribution in [0.2, 0.25) is 0 Å². The highest BCUT2D eigenvalue weighted by atomic mass is 16.5. The zero-order chi connectivity index (χ0) is 17.8. The second-order valence-corrected chi connectivity index (χ2v) is 5.23. The van der Waals surface area contributed by atoms with Crippen molar-refractivity contribution in [3.63, 3.8) is 0 Å². The lowest BCUT2D eigenvalue weighted by Crippen LogP contribution is -2.17. The van der Waals surface area contributed by atoms with Crippen molar-refractivity contribution < 1.29 is 19.4 Å². The van der Waals surface area contributed by atoms with Crippen LogP contribution in [0.3, 0.4) is 0 Å². The normalized spacial score (nSPS) is 11.0. The van der Waals surface area contributed by atoms with E-state index in [4.69, 9.17) is 9.47 Å². The molecule has 2 aromatic carbocycles. The molecule has 3 rings (SSSR count). The maximum Gasteiger partial charge on any atom is 0.287 e. The fourth-order valence-electron chi connectivity index (χ4n) is 2.38. The fourth-order valence-corrected chi connectivity index (χ4v) is 2.38. The number of hydrogen-bond acceptors (Lipinski definition) is 5. The molecule has 0 spiro atoms. The molecule has 0 aliphatic rings. The third-order valence-corrected chi connectivity index (χ3v) is 3.69. The quantitative estimate of drug-likeness (QED) is 0.492. The van der Waals surface area contributed by atoms with Crippen LogP contribution in [-0.4, -0.2) is 36.4 Å². The molecule has 0 aliphatic heterocycles. The average molecular weight is 339 g/mol. The number of methoxy groups -OCH3 is 2. The summed E-state index contributed by atoms with van der Waals surface area (Å²) in [5.74, 6) is 0.599. The van der Waals surface area contributed by atoms with Gasteiger partial charge in [0.2, 0.25) is 0 Å². The monoisotopic (exact) mass is 339 g/mol. The van der Waals surface area contributed by atoms with Crippen LogP contribution in [0, 0.1) is 0 Å². The van der Waals surface area contributed by atoms with Crippen LogP contribution in [-0.2, 0) is 0 Å². The van der Waals surface area contributed by atoms with Crippen LogP contribution < -0.4 is 14.9 Å². The number of phenols is 1. The molecular weight excluding hydrogens is 322 g/mol. The van der Waals surface area contributed by atoms with E-state index in [1.807, 2.05) is 18.2 Å². The molecule has 0 fully saturated rings. The minimum atomic E-state index is -0.395. The number of hydrogen-bond donors (Lipinski definition) is 3. The van der Waals surface area contributed by atoms with Crippen molar-refractivity contribution in [1.82, 2.24) is 10.4 Å². The van der Waals surface area contributed by atoms with E-state index >= 15 is 0 Å². The van der Waals surface area contributed by atoms with Gasteiger partial charge in [0.25, 0.3) is 5.91 Å². The number of aromatic nitrogens is 1. The first-order chi connectivity index (χ1) is 12.1. The molecule has 25 heavy (non-hydrogen) atoms. The Morgan fingerprint density at radius 3 is 2.80 bits per heavy atom. The predicted molar refractivity (Wildman–Crippen MR) is 94.6 cm³/mol. The molecule has 7 heteroatoms. The van der Waals surface area contributed by atoms with Crippen molar-refractivity contribution in [1.29, 1.82) is 0 Å². The summed E-state index contributed by atoms with van der Waals surface area (Å²) in [5, 5.41) is 14.7. The number of H-pyrrole nitrogens is 1. The van der Waals surface area contributed by atoms with E-state index in [-0.39, 0.29) is 5.75 Å². The van der Waals surface area contributed by atoms with Crippen molar-refractivity contribution in [2.24, 2.45) is 5.10 Å². The van der Waals surface area contributed by atoms with Gasteiger partial charge in [0.1, 0.15) is 11.4 Å². The molecule has 0 bridgehead atoms. The van der Waals surface area contributed by atoms with E-state index in [0.717, 1.165) is 10.9 Å². The summed E-state index contributed by atoms with van der Waals surface area (Å²) < 4.78 is 10.2. The number of amides is 1. The summed E-state index contributed by atoms with van der Waals surface area (Å²) in [6.07, 6.45) is 1.35. The first-order valence-corrected chi connectivity index (χ1v) is 7.48. The van der Waals surface area contributed by atoms with Crippen LogP contribution in [0.1, 0.15) is 16.1 Å². The highest BCUT2D eigenvalue weighted by molar-refractivity contribution is 5.98. The third kappa shape index (κ3) is 3.40. The lowest BCUT2D eigenvalue weighted by atomic mass is 10.2. The Labute approximate surface area is 143 Å². The highest BCUT2D eigenvalue weighted by Gasteiger charge is 2.10. The van der Waals surface area contributed by atoms with Gasteiger partial charge in [-0.1, -0.05) is 6.07 Å². The summed E-state index contributed by atoms with van der Waals surface area (Å²) in [5.41, 5.74) is 4.01. The first-order valence-electron chi connectivity index (χ1n) is 7.48. The van der Waals surface area contributed by atoms with Crippen molar-refractivity contribution in [2.75, 3.05) is 14.2 Å². The fraction of sp³-hybridized carbons (Fsp3) is 0.111. The van der Waals surface area contributed by atoms with Crippen LogP contribution in [0.5, 0.6) is 17.2 Å². The second-order valence-electron chi connectivity index (χ2n) is 5.23. The number of hydrazone groups is 1. The predicted octanol–water partition coefficient (Wildman–Crippen LogP) is 2.65. The summed E-state index contributed by atoms with van der Waals surface area (Å²) in [7, 11) is 3.04. The number of nitrogens with zero attached hydrogens (tertiary/aromatic N) is 1. The molecule has 0 unspecified atom stereocenters. The maximum absolute atomic E-state index is 12.2. The summed E-state index contributed by atoms with van der Waals surface area (Å²) in [4.78, 5) is 15.2. The third-order valence-electron chi connectivity index (χ3n) is 3.69. The molecular formula is C18H17N3O4. The Balaban J connectivity index is 1.74. The van der Waals surface area contributed by atoms with Gasteiger partial charge in [0.05, 0.1) is 20.4 Å². The van der Waals surface area contributed by atoms with Crippen molar-refractivity contribution in [3.8, 4) is 17.2 Å². The number of carbonyl (C=O) groups excluding carboxylic acids is 1. The second kappa shape index (κ2) is 6.96. The Morgan fingerprint density at radius 2 is 2.04 bits per heavy atom. The minimum Gasteiger partial charge on any atom is -0.504 e. The van der Waals surface area contributed by atoms with E-state index in [1.54, 1.807) is 31.4 Å². The van der Waals surface area contributed by atoms with E-state index in [0.29, 0.717) is 22.8 Å². The molecule has 0 saturated heterocycles. The van der Waals surface area contributed by atoms with Gasteiger partial charge in [-0.3, -0.25) is 4.79 Å². The number of carbonyl (C=O) groups is 1. The summed E-state index contributed by atoms with van der Waals surface area (Å²) in [6, 6.07) is 12.2. The van der Waals surface area contributed by atoms with Gasteiger partial charge in [0.15, 0.2) is 11.5 Å². The maximum atomic E-state index is 12.2. The van der Waals surface area contributed by atoms with Crippen LogP contribution in [0.15, 0.2) is 47.6 Å². The van der Waals surface area contributed by atoms with Crippen LogP contribution in [0.25, 0.3) is 10.9 Å². The molecule has 0 saturated carbocycles. The summed E-state index contributed by atoms with van der Waals surface area (Å²) >= 11 is 0. The molecule has 128 valence electrons. The number of phenolic OH excluding ortho intramolecular Hbond substituents is 1. The van der Waals surface area contributed by atoms with Gasteiger partial charge in [-0.15, -0.1) is 0 Å². The Morgan fingerprint density at radius 1 is 1.20 bits per heavy atom. The van der Waals surface area contributed by atoms with E-state index in [2.05, 4.69) is 15.5 Å². The number of para-hydroxylation sites is 1. The van der Waals surface area contributed by atoms with Gasteiger partial charge < -0.3 is 19.6 Å². The number of nitrogens with one attached hydrogen (secondary N) is 2. The van der Waals surface area contributed by atoms with Crippen LogP contribution in [0.4, 0.5) is 0 Å². The largest absolute Gasteiger partial charge is 0.504 e. The molecule has 0 atom stereocenters. The zero-order valence-electron chi connectivity index (χ0n) is 13.7. The lowest BCUT2D eigenvalue weighted by molar-refractivity contribution is 0.0951. The van der Waals surface area contributed by atoms with Gasteiger partial charge in [-0.2, -0.15) is 5.10 Å². The first kappa shape index (κ1) is 16.4. The standard InChI is InChI=1S/C18H17N3O4/c1-24-13-7-6-11-8-15(20-14(11)9-13)18(23)21-19-10-12-4-3-5-16(25-2)17(12)22/h3-10,20,22H,1-2H3,(H,21,23)/b19-10+. The molecule has 1 aromatic heterocycles. The number of aromatic amines is 1. The molecule has 1 heterocycles. The number of aromatic hydroxyl groups is 1. The van der Waals surface area contributed by atoms with E-state index < -0.39 is 5.91 Å². The van der Waals surface area contributed by atoms with Gasteiger partial charge in [-0.25, -0.2) is 5.43 Å². The zero-order valence-corrected chi connectivity index (χ0v) is 13.7. The highest BCUT2D eigenvalue weighted by Crippen LogP contribution is 2.28. The molecule has 3 N–H and O–H groups in total. The smallest absolute Gasteiger partial charge is 0.287 e. The van der Waals surface area contributed by atoms with Gasteiger partial charge >= 0.3 is 0 Å². The molecule has 0 aliphatic carbocycles. The number of fused-ring (bicyclic) bond motifs is 1. The molecule has 3 aromatic rings. The Bertz CT molecular complexity index is 947. The average Bonchev–Trinajstić information content (AvgIpc) is 3.06. The number of benzene rings is 2. The van der Waals surface area contributed by atoms with E-state index in [1.165, 1.54) is 13.3 Å². The Kier molecular flexibility index (Phi) is 4.56. The minimum absolute atomic E-state index is 0.0410. The molecule has 0 radical (unpaired) electrons. The van der Waals surface area contributed by atoms with Crippen molar-refractivity contribution >= 4 is 23.0 Å². The molecule has 7 nitrogen and oxygen atoms in total. The van der Waals surface area contributed by atoms with Gasteiger partial charge in [-0.05, 0) is 30.3 Å². The lowest BCUT2D eigenvalue weighted by Gasteiger charge is -2.04. The number of ether oxygens (including phenoxy) is 2. The Hall–Kier alpha value is -3.48. The van der Waals surface area contributed by atoms with Crippen molar-refractivity contribution in [3.05, 3.63) is 53.7 Å². The SMILES string of the molecule is COc1ccc2cc(C(=O)N/N=C/c3cccc(OC)c3O)[nH]c2c1. The topological polar surface area (TPSA) is 95.9 Å². The van der Waals surface area contributed by atoms with Gasteiger partial charge in [0, 0.05) is 22.5 Å². The molecule has 1 amide bonds.